The second-order valence-corrected chi connectivity index (χ2v) is 7.77. The monoisotopic (exact) mass is 344 g/mol. The topological polar surface area (TPSA) is 64.4 Å². The Kier molecular flexibility index (Phi) is 6.13. The number of ether oxygens (including phenoxy) is 1. The third kappa shape index (κ3) is 4.06. The van der Waals surface area contributed by atoms with E-state index in [-0.39, 0.29) is 11.9 Å². The maximum absolute atomic E-state index is 13.4. The van der Waals surface area contributed by atoms with Gasteiger partial charge in [0.25, 0.3) is 0 Å². The molecule has 2 fully saturated rings. The number of rotatable bonds is 5. The van der Waals surface area contributed by atoms with E-state index in [0.717, 1.165) is 18.4 Å². The standard InChI is InChI=1S/C21H32N2O2/c1-16-7-9-18(10-8-16)21(11-13-25-14-12-21)20(24)23-19(15-22)17-5-3-2-4-6-17/h7-10,17,19H,2-6,11-15,22H2,1H3,(H,23,24). The lowest BCUT2D eigenvalue weighted by Gasteiger charge is -2.39. The summed E-state index contributed by atoms with van der Waals surface area (Å²) in [6.45, 7) is 3.88. The summed E-state index contributed by atoms with van der Waals surface area (Å²) in [6, 6.07) is 8.51. The average molecular weight is 344 g/mol. The Morgan fingerprint density at radius 1 is 1.20 bits per heavy atom. The van der Waals surface area contributed by atoms with E-state index in [4.69, 9.17) is 10.5 Å². The molecule has 25 heavy (non-hydrogen) atoms. The zero-order valence-corrected chi connectivity index (χ0v) is 15.4. The van der Waals surface area contributed by atoms with Gasteiger partial charge in [-0.1, -0.05) is 49.1 Å². The number of carbonyl (C=O) groups is 1. The molecule has 3 rings (SSSR count). The first-order valence-corrected chi connectivity index (χ1v) is 9.81. The highest BCUT2D eigenvalue weighted by atomic mass is 16.5. The summed E-state index contributed by atoms with van der Waals surface area (Å²) < 4.78 is 5.56. The van der Waals surface area contributed by atoms with Crippen molar-refractivity contribution in [2.75, 3.05) is 19.8 Å². The summed E-state index contributed by atoms with van der Waals surface area (Å²) in [4.78, 5) is 13.4. The van der Waals surface area contributed by atoms with Crippen molar-refractivity contribution in [2.45, 2.75) is 63.3 Å². The number of carbonyl (C=O) groups excluding carboxylic acids is 1. The first-order chi connectivity index (χ1) is 12.2. The molecule has 1 heterocycles. The molecule has 1 aromatic rings. The van der Waals surface area contributed by atoms with Crippen LogP contribution in [-0.2, 0) is 14.9 Å². The van der Waals surface area contributed by atoms with E-state index in [1.807, 2.05) is 0 Å². The lowest BCUT2D eigenvalue weighted by atomic mass is 9.72. The van der Waals surface area contributed by atoms with Gasteiger partial charge in [0.1, 0.15) is 0 Å². The summed E-state index contributed by atoms with van der Waals surface area (Å²) in [6.07, 6.45) is 7.67. The third-order valence-electron chi connectivity index (χ3n) is 6.17. The zero-order chi connectivity index (χ0) is 17.7. The van der Waals surface area contributed by atoms with Crippen LogP contribution in [-0.4, -0.2) is 31.7 Å². The number of amides is 1. The lowest BCUT2D eigenvalue weighted by molar-refractivity contribution is -0.131. The molecule has 0 spiro atoms. The van der Waals surface area contributed by atoms with Crippen molar-refractivity contribution >= 4 is 5.91 Å². The van der Waals surface area contributed by atoms with Crippen LogP contribution in [0.4, 0.5) is 0 Å². The van der Waals surface area contributed by atoms with Crippen molar-refractivity contribution < 1.29 is 9.53 Å². The number of aryl methyl sites for hydroxylation is 1. The van der Waals surface area contributed by atoms with Crippen LogP contribution >= 0.6 is 0 Å². The molecule has 1 saturated carbocycles. The predicted octanol–water partition coefficient (Wildman–Crippen LogP) is 3.07. The molecule has 0 aromatic heterocycles. The van der Waals surface area contributed by atoms with Gasteiger partial charge < -0.3 is 15.8 Å². The fraction of sp³-hybridized carbons (Fsp3) is 0.667. The molecule has 1 atom stereocenters. The van der Waals surface area contributed by atoms with Gasteiger partial charge in [0.15, 0.2) is 0 Å². The van der Waals surface area contributed by atoms with E-state index >= 15 is 0 Å². The second kappa shape index (κ2) is 8.33. The van der Waals surface area contributed by atoms with E-state index < -0.39 is 5.41 Å². The summed E-state index contributed by atoms with van der Waals surface area (Å²) in [5, 5.41) is 3.34. The summed E-state index contributed by atoms with van der Waals surface area (Å²) >= 11 is 0. The number of nitrogens with two attached hydrogens (primary N) is 1. The molecule has 2 aliphatic rings. The summed E-state index contributed by atoms with van der Waals surface area (Å²) in [5.41, 5.74) is 7.89. The van der Waals surface area contributed by atoms with Gasteiger partial charge in [0, 0.05) is 25.8 Å². The Hall–Kier alpha value is -1.39. The maximum atomic E-state index is 13.4. The summed E-state index contributed by atoms with van der Waals surface area (Å²) in [7, 11) is 0. The molecular formula is C21H32N2O2. The number of hydrogen-bond acceptors (Lipinski definition) is 3. The molecule has 1 saturated heterocycles. The van der Waals surface area contributed by atoms with Crippen molar-refractivity contribution in [3.63, 3.8) is 0 Å². The highest BCUT2D eigenvalue weighted by Crippen LogP contribution is 2.36. The van der Waals surface area contributed by atoms with Crippen LogP contribution in [0.3, 0.4) is 0 Å². The van der Waals surface area contributed by atoms with E-state index in [1.54, 1.807) is 0 Å². The van der Waals surface area contributed by atoms with E-state index in [9.17, 15) is 4.79 Å². The van der Waals surface area contributed by atoms with Gasteiger partial charge in [-0.05, 0) is 44.1 Å². The first kappa shape index (κ1) is 18.4. The Morgan fingerprint density at radius 2 is 1.84 bits per heavy atom. The average Bonchev–Trinajstić information content (AvgIpc) is 2.67. The van der Waals surface area contributed by atoms with Crippen LogP contribution in [0.2, 0.25) is 0 Å². The van der Waals surface area contributed by atoms with E-state index in [2.05, 4.69) is 36.5 Å². The van der Waals surface area contributed by atoms with Crippen molar-refractivity contribution in [1.29, 1.82) is 0 Å². The van der Waals surface area contributed by atoms with Crippen LogP contribution in [0.15, 0.2) is 24.3 Å². The zero-order valence-electron chi connectivity index (χ0n) is 15.4. The number of benzene rings is 1. The Balaban J connectivity index is 1.80. The van der Waals surface area contributed by atoms with Gasteiger partial charge in [0.2, 0.25) is 5.91 Å². The number of hydrogen-bond donors (Lipinski definition) is 2. The van der Waals surface area contributed by atoms with Gasteiger partial charge >= 0.3 is 0 Å². The molecule has 0 bridgehead atoms. The van der Waals surface area contributed by atoms with Crippen LogP contribution in [0.1, 0.15) is 56.1 Å². The minimum Gasteiger partial charge on any atom is -0.381 e. The van der Waals surface area contributed by atoms with Gasteiger partial charge in [0.05, 0.1) is 5.41 Å². The molecule has 1 amide bonds. The Bertz CT molecular complexity index is 558. The van der Waals surface area contributed by atoms with Crippen molar-refractivity contribution in [3.8, 4) is 0 Å². The van der Waals surface area contributed by atoms with Crippen LogP contribution in [0, 0.1) is 12.8 Å². The largest absolute Gasteiger partial charge is 0.381 e. The van der Waals surface area contributed by atoms with Crippen LogP contribution < -0.4 is 11.1 Å². The smallest absolute Gasteiger partial charge is 0.231 e. The van der Waals surface area contributed by atoms with Crippen molar-refractivity contribution in [2.24, 2.45) is 11.7 Å². The van der Waals surface area contributed by atoms with Gasteiger partial charge in [-0.2, -0.15) is 0 Å². The van der Waals surface area contributed by atoms with Gasteiger partial charge in [-0.25, -0.2) is 0 Å². The molecule has 1 aromatic carbocycles. The predicted molar refractivity (Wildman–Crippen MR) is 100 cm³/mol. The van der Waals surface area contributed by atoms with E-state index in [1.165, 1.54) is 37.7 Å². The Labute approximate surface area is 151 Å². The highest BCUT2D eigenvalue weighted by Gasteiger charge is 2.42. The SMILES string of the molecule is Cc1ccc(C2(C(=O)NC(CN)C3CCCCC3)CCOCC2)cc1. The fourth-order valence-electron chi connectivity index (χ4n) is 4.45. The molecule has 138 valence electrons. The minimum absolute atomic E-state index is 0.0953. The fourth-order valence-corrected chi connectivity index (χ4v) is 4.45. The maximum Gasteiger partial charge on any atom is 0.231 e. The molecule has 1 aliphatic heterocycles. The minimum atomic E-state index is -0.478. The third-order valence-corrected chi connectivity index (χ3v) is 6.17. The molecule has 4 heteroatoms. The summed E-state index contributed by atoms with van der Waals surface area (Å²) in [5.74, 6) is 0.665. The lowest BCUT2D eigenvalue weighted by Crippen LogP contribution is -2.54. The molecule has 3 N–H and O–H groups in total. The molecule has 0 radical (unpaired) electrons. The van der Waals surface area contributed by atoms with Gasteiger partial charge in [-0.3, -0.25) is 4.79 Å². The first-order valence-electron chi connectivity index (χ1n) is 9.81. The second-order valence-electron chi connectivity index (χ2n) is 7.77. The van der Waals surface area contributed by atoms with Gasteiger partial charge in [-0.15, -0.1) is 0 Å². The quantitative estimate of drug-likeness (QED) is 0.863. The van der Waals surface area contributed by atoms with Crippen molar-refractivity contribution in [3.05, 3.63) is 35.4 Å². The Morgan fingerprint density at radius 3 is 2.44 bits per heavy atom. The molecule has 1 unspecified atom stereocenters. The molecular weight excluding hydrogens is 312 g/mol. The van der Waals surface area contributed by atoms with Crippen LogP contribution in [0.5, 0.6) is 0 Å². The molecule has 1 aliphatic carbocycles. The molecule has 4 nitrogen and oxygen atoms in total. The normalized spacial score (nSPS) is 22.3. The van der Waals surface area contributed by atoms with Crippen LogP contribution in [0.25, 0.3) is 0 Å². The number of nitrogens with one attached hydrogen (secondary N) is 1. The van der Waals surface area contributed by atoms with Crippen molar-refractivity contribution in [1.82, 2.24) is 5.32 Å². The highest BCUT2D eigenvalue weighted by molar-refractivity contribution is 5.88. The van der Waals surface area contributed by atoms with E-state index in [0.29, 0.717) is 25.7 Å².